The molecule has 0 bridgehead atoms. The molecule has 1 rings (SSSR count). The van der Waals surface area contributed by atoms with Crippen LogP contribution in [0.2, 0.25) is 5.02 Å². The smallest absolute Gasteiger partial charge is 0.306 e. The lowest BCUT2D eigenvalue weighted by Crippen LogP contribution is -2.30. The SMILES string of the molecule is CCN(CC)S(=O)(=O)c1ccc(Cl)c(NC(=O)COC(=O)CCC(C)C)c1. The first-order chi connectivity index (χ1) is 12.6. The Kier molecular flexibility index (Phi) is 9.21. The molecule has 152 valence electrons. The maximum Gasteiger partial charge on any atom is 0.306 e. The number of carbonyl (C=O) groups is 2. The van der Waals surface area contributed by atoms with Gasteiger partial charge in [-0.2, -0.15) is 4.31 Å². The molecule has 1 aromatic carbocycles. The molecule has 27 heavy (non-hydrogen) atoms. The van der Waals surface area contributed by atoms with E-state index in [0.717, 1.165) is 0 Å². The molecule has 1 N–H and O–H groups in total. The van der Waals surface area contributed by atoms with Crippen molar-refractivity contribution < 1.29 is 22.7 Å². The fourth-order valence-electron chi connectivity index (χ4n) is 2.28. The standard InChI is InChI=1S/C18H27ClN2O5S/c1-5-21(6-2)27(24,25)14-8-9-15(19)16(11-14)20-17(22)12-26-18(23)10-7-13(3)4/h8-9,11,13H,5-7,10,12H2,1-4H3,(H,20,22). The molecular weight excluding hydrogens is 392 g/mol. The molecule has 7 nitrogen and oxygen atoms in total. The first kappa shape index (κ1) is 23.4. The van der Waals surface area contributed by atoms with E-state index in [-0.39, 0.29) is 22.0 Å². The Labute approximate surface area is 166 Å². The normalized spacial score (nSPS) is 11.7. The third kappa shape index (κ3) is 7.12. The summed E-state index contributed by atoms with van der Waals surface area (Å²) in [6.07, 6.45) is 0.918. The number of nitrogens with zero attached hydrogens (tertiary/aromatic N) is 1. The highest BCUT2D eigenvalue weighted by atomic mass is 35.5. The molecule has 0 unspecified atom stereocenters. The summed E-state index contributed by atoms with van der Waals surface area (Å²) in [5, 5.41) is 2.67. The number of esters is 1. The average molecular weight is 419 g/mol. The summed E-state index contributed by atoms with van der Waals surface area (Å²) in [5.74, 6) is -0.685. The number of hydrogen-bond donors (Lipinski definition) is 1. The number of carbonyl (C=O) groups excluding carboxylic acids is 2. The van der Waals surface area contributed by atoms with Crippen LogP contribution in [0.3, 0.4) is 0 Å². The summed E-state index contributed by atoms with van der Waals surface area (Å²) < 4.78 is 31.4. The van der Waals surface area contributed by atoms with Gasteiger partial charge in [0.15, 0.2) is 6.61 Å². The summed E-state index contributed by atoms with van der Waals surface area (Å²) in [6.45, 7) is 7.66. The number of ether oxygens (including phenoxy) is 1. The Morgan fingerprint density at radius 1 is 1.22 bits per heavy atom. The Bertz CT molecular complexity index is 761. The van der Waals surface area contributed by atoms with Crippen LogP contribution in [0.4, 0.5) is 5.69 Å². The number of amides is 1. The molecule has 1 amide bonds. The predicted octanol–water partition coefficient (Wildman–Crippen LogP) is 3.29. The summed E-state index contributed by atoms with van der Waals surface area (Å²) >= 11 is 6.05. The highest BCUT2D eigenvalue weighted by Crippen LogP contribution is 2.27. The van der Waals surface area contributed by atoms with Gasteiger partial charge in [0.2, 0.25) is 10.0 Å². The lowest BCUT2D eigenvalue weighted by Gasteiger charge is -2.19. The van der Waals surface area contributed by atoms with Crippen LogP contribution in [0.1, 0.15) is 40.5 Å². The van der Waals surface area contributed by atoms with Gasteiger partial charge in [-0.15, -0.1) is 0 Å². The Morgan fingerprint density at radius 3 is 2.41 bits per heavy atom. The van der Waals surface area contributed by atoms with E-state index in [1.807, 2.05) is 13.8 Å². The van der Waals surface area contributed by atoms with E-state index in [4.69, 9.17) is 16.3 Å². The fourth-order valence-corrected chi connectivity index (χ4v) is 3.93. The van der Waals surface area contributed by atoms with Crippen LogP contribution >= 0.6 is 11.6 Å². The second-order valence-corrected chi connectivity index (χ2v) is 8.72. The van der Waals surface area contributed by atoms with Gasteiger partial charge in [0.05, 0.1) is 15.6 Å². The molecule has 0 aliphatic carbocycles. The van der Waals surface area contributed by atoms with Gasteiger partial charge < -0.3 is 10.1 Å². The molecule has 0 fully saturated rings. The quantitative estimate of drug-likeness (QED) is 0.588. The lowest BCUT2D eigenvalue weighted by molar-refractivity contribution is -0.147. The zero-order chi connectivity index (χ0) is 20.6. The molecular formula is C18H27ClN2O5S. The van der Waals surface area contributed by atoms with Crippen LogP contribution in [0.5, 0.6) is 0 Å². The van der Waals surface area contributed by atoms with Gasteiger partial charge in [-0.25, -0.2) is 8.42 Å². The second-order valence-electron chi connectivity index (χ2n) is 6.37. The first-order valence-corrected chi connectivity index (χ1v) is 10.7. The third-order valence-corrected chi connectivity index (χ3v) is 6.22. The molecule has 1 aromatic rings. The fraction of sp³-hybridized carbons (Fsp3) is 0.556. The molecule has 0 aliphatic heterocycles. The molecule has 0 aromatic heterocycles. The van der Waals surface area contributed by atoms with Gasteiger partial charge in [0.1, 0.15) is 0 Å². The van der Waals surface area contributed by atoms with E-state index in [9.17, 15) is 18.0 Å². The van der Waals surface area contributed by atoms with Crippen LogP contribution in [-0.4, -0.2) is 44.3 Å². The van der Waals surface area contributed by atoms with Gasteiger partial charge >= 0.3 is 5.97 Å². The van der Waals surface area contributed by atoms with Gasteiger partial charge in [0, 0.05) is 19.5 Å². The highest BCUT2D eigenvalue weighted by Gasteiger charge is 2.23. The van der Waals surface area contributed by atoms with Crippen LogP contribution in [0, 0.1) is 5.92 Å². The van der Waals surface area contributed by atoms with Crippen molar-refractivity contribution in [2.75, 3.05) is 25.0 Å². The zero-order valence-corrected chi connectivity index (χ0v) is 17.7. The highest BCUT2D eigenvalue weighted by molar-refractivity contribution is 7.89. The molecule has 0 spiro atoms. The summed E-state index contributed by atoms with van der Waals surface area (Å²) in [5.41, 5.74) is 0.146. The van der Waals surface area contributed by atoms with E-state index in [2.05, 4.69) is 5.32 Å². The summed E-state index contributed by atoms with van der Waals surface area (Å²) in [6, 6.07) is 4.09. The largest absolute Gasteiger partial charge is 0.456 e. The Hall–Kier alpha value is -1.64. The summed E-state index contributed by atoms with van der Waals surface area (Å²) in [7, 11) is -3.68. The van der Waals surface area contributed by atoms with Crippen molar-refractivity contribution in [2.24, 2.45) is 5.92 Å². The van der Waals surface area contributed by atoms with Crippen molar-refractivity contribution >= 4 is 39.2 Å². The predicted molar refractivity (Wildman–Crippen MR) is 105 cm³/mol. The molecule has 0 heterocycles. The maximum absolute atomic E-state index is 12.6. The maximum atomic E-state index is 12.6. The van der Waals surface area contributed by atoms with E-state index >= 15 is 0 Å². The van der Waals surface area contributed by atoms with E-state index in [1.54, 1.807) is 13.8 Å². The zero-order valence-electron chi connectivity index (χ0n) is 16.1. The molecule has 0 aliphatic rings. The molecule has 9 heteroatoms. The van der Waals surface area contributed by atoms with E-state index in [0.29, 0.717) is 25.4 Å². The van der Waals surface area contributed by atoms with Gasteiger partial charge in [-0.05, 0) is 30.5 Å². The third-order valence-electron chi connectivity index (χ3n) is 3.85. The topological polar surface area (TPSA) is 92.8 Å². The van der Waals surface area contributed by atoms with E-state index in [1.165, 1.54) is 22.5 Å². The molecule has 0 atom stereocenters. The molecule has 0 radical (unpaired) electrons. The van der Waals surface area contributed by atoms with Crippen LogP contribution in [0.15, 0.2) is 23.1 Å². The second kappa shape index (κ2) is 10.6. The van der Waals surface area contributed by atoms with Crippen molar-refractivity contribution in [3.8, 4) is 0 Å². The van der Waals surface area contributed by atoms with E-state index < -0.39 is 28.5 Å². The number of nitrogens with one attached hydrogen (secondary N) is 1. The monoisotopic (exact) mass is 418 g/mol. The summed E-state index contributed by atoms with van der Waals surface area (Å²) in [4.78, 5) is 23.6. The number of benzene rings is 1. The van der Waals surface area contributed by atoms with Crippen molar-refractivity contribution in [1.29, 1.82) is 0 Å². The molecule has 0 saturated carbocycles. The first-order valence-electron chi connectivity index (χ1n) is 8.86. The number of halogens is 1. The van der Waals surface area contributed by atoms with Crippen LogP contribution in [-0.2, 0) is 24.3 Å². The number of anilines is 1. The van der Waals surface area contributed by atoms with Gasteiger partial charge in [-0.3, -0.25) is 9.59 Å². The number of rotatable bonds is 10. The Morgan fingerprint density at radius 2 is 1.85 bits per heavy atom. The van der Waals surface area contributed by atoms with Crippen LogP contribution in [0.25, 0.3) is 0 Å². The van der Waals surface area contributed by atoms with Crippen molar-refractivity contribution in [2.45, 2.75) is 45.4 Å². The minimum atomic E-state index is -3.68. The lowest BCUT2D eigenvalue weighted by atomic mass is 10.1. The number of hydrogen-bond acceptors (Lipinski definition) is 5. The average Bonchev–Trinajstić information content (AvgIpc) is 2.60. The van der Waals surface area contributed by atoms with Crippen LogP contribution < -0.4 is 5.32 Å². The molecule has 0 saturated heterocycles. The van der Waals surface area contributed by atoms with Crippen molar-refractivity contribution in [3.05, 3.63) is 23.2 Å². The van der Waals surface area contributed by atoms with Crippen molar-refractivity contribution in [1.82, 2.24) is 4.31 Å². The minimum absolute atomic E-state index is 0.0276. The minimum Gasteiger partial charge on any atom is -0.456 e. The van der Waals surface area contributed by atoms with Gasteiger partial charge in [0.25, 0.3) is 5.91 Å². The van der Waals surface area contributed by atoms with Crippen molar-refractivity contribution in [3.63, 3.8) is 0 Å². The Balaban J connectivity index is 2.81. The van der Waals surface area contributed by atoms with Gasteiger partial charge in [-0.1, -0.05) is 39.3 Å². The number of sulfonamides is 1.